The van der Waals surface area contributed by atoms with Gasteiger partial charge in [0.15, 0.2) is 0 Å². The van der Waals surface area contributed by atoms with E-state index in [0.717, 1.165) is 39.9 Å². The van der Waals surface area contributed by atoms with Gasteiger partial charge in [0.25, 0.3) is 5.91 Å². The van der Waals surface area contributed by atoms with Gasteiger partial charge < -0.3 is 15.0 Å². The van der Waals surface area contributed by atoms with Crippen LogP contribution >= 0.6 is 15.9 Å². The number of ether oxygens (including phenoxy) is 1. The number of nitrogens with zero attached hydrogens (tertiary/aromatic N) is 2. The average Bonchev–Trinajstić information content (AvgIpc) is 3.31. The molecule has 2 atom stereocenters. The molecule has 0 saturated carbocycles. The van der Waals surface area contributed by atoms with Crippen LogP contribution in [0.2, 0.25) is 0 Å². The van der Waals surface area contributed by atoms with Crippen molar-refractivity contribution in [2.45, 2.75) is 43.9 Å². The van der Waals surface area contributed by atoms with Gasteiger partial charge in [-0.1, -0.05) is 34.1 Å². The maximum Gasteiger partial charge on any atom is 0.418 e. The van der Waals surface area contributed by atoms with Gasteiger partial charge in [-0.2, -0.15) is 0 Å². The Balaban J connectivity index is 1.37. The van der Waals surface area contributed by atoms with Crippen LogP contribution in [0, 0.1) is 5.82 Å². The van der Waals surface area contributed by atoms with Crippen LogP contribution in [0.1, 0.15) is 36.0 Å². The molecule has 2 aliphatic heterocycles. The highest BCUT2D eigenvalue weighted by molar-refractivity contribution is 9.10. The summed E-state index contributed by atoms with van der Waals surface area (Å²) < 4.78 is 19.9. The van der Waals surface area contributed by atoms with Crippen molar-refractivity contribution in [1.82, 2.24) is 15.1 Å². The quantitative estimate of drug-likeness (QED) is 0.641. The lowest BCUT2D eigenvalue weighted by Gasteiger charge is -2.35. The topological polar surface area (TPSA) is 79.0 Å². The van der Waals surface area contributed by atoms with Crippen LogP contribution in [0.3, 0.4) is 0 Å². The largest absolute Gasteiger partial charge is 0.427 e. The van der Waals surface area contributed by atoms with Gasteiger partial charge in [-0.25, -0.2) is 14.1 Å². The van der Waals surface area contributed by atoms with Crippen LogP contribution in [-0.2, 0) is 32.9 Å². The predicted molar refractivity (Wildman–Crippen MR) is 125 cm³/mol. The zero-order valence-corrected chi connectivity index (χ0v) is 20.1. The first-order chi connectivity index (χ1) is 16.4. The van der Waals surface area contributed by atoms with Crippen molar-refractivity contribution in [3.05, 3.63) is 69.4 Å². The zero-order valence-electron chi connectivity index (χ0n) is 18.6. The molecule has 2 heterocycles. The van der Waals surface area contributed by atoms with E-state index in [0.29, 0.717) is 24.9 Å². The van der Waals surface area contributed by atoms with Gasteiger partial charge in [-0.05, 0) is 61.2 Å². The number of fused-ring (bicyclic) bond motifs is 2. The Morgan fingerprint density at radius 2 is 2.03 bits per heavy atom. The fraction of sp³-hybridized carbons (Fsp3) is 0.400. The monoisotopic (exact) mass is 529 g/mol. The van der Waals surface area contributed by atoms with Crippen LogP contribution in [0.25, 0.3) is 0 Å². The molecule has 1 N–H and O–H groups in total. The molecule has 178 valence electrons. The first-order valence-electron chi connectivity index (χ1n) is 11.5. The summed E-state index contributed by atoms with van der Waals surface area (Å²) in [5.41, 5.74) is 1.06. The molecule has 2 aromatic rings. The molecule has 0 radical (unpaired) electrons. The number of halogens is 2. The normalized spacial score (nSPS) is 23.8. The maximum absolute atomic E-state index is 13.5. The smallest absolute Gasteiger partial charge is 0.418 e. The van der Waals surface area contributed by atoms with Gasteiger partial charge >= 0.3 is 6.09 Å². The highest BCUT2D eigenvalue weighted by Crippen LogP contribution is 2.46. The van der Waals surface area contributed by atoms with Gasteiger partial charge in [0, 0.05) is 35.6 Å². The Kier molecular flexibility index (Phi) is 6.16. The van der Waals surface area contributed by atoms with E-state index < -0.39 is 17.6 Å². The van der Waals surface area contributed by atoms with Crippen LogP contribution < -0.4 is 5.32 Å². The van der Waals surface area contributed by atoms with E-state index in [1.165, 1.54) is 12.1 Å². The summed E-state index contributed by atoms with van der Waals surface area (Å²) in [6, 6.07) is 11.5. The molecule has 2 saturated heterocycles. The molecule has 5 rings (SSSR count). The van der Waals surface area contributed by atoms with Gasteiger partial charge in [0.2, 0.25) is 11.5 Å². The van der Waals surface area contributed by atoms with E-state index in [9.17, 15) is 18.8 Å². The average molecular weight is 530 g/mol. The Morgan fingerprint density at radius 1 is 1.24 bits per heavy atom. The molecule has 1 aliphatic carbocycles. The fourth-order valence-corrected chi connectivity index (χ4v) is 5.56. The number of imide groups is 1. The lowest BCUT2D eigenvalue weighted by atomic mass is 9.95. The lowest BCUT2D eigenvalue weighted by Crippen LogP contribution is -2.52. The summed E-state index contributed by atoms with van der Waals surface area (Å²) in [6.45, 7) is 1.38. The molecular weight excluding hydrogens is 505 g/mol. The Morgan fingerprint density at radius 3 is 2.76 bits per heavy atom. The summed E-state index contributed by atoms with van der Waals surface area (Å²) in [4.78, 5) is 42.4. The molecule has 0 unspecified atom stereocenters. The highest BCUT2D eigenvalue weighted by atomic mass is 79.9. The number of aryl methyl sites for hydroxylation is 1. The number of piperidine rings is 1. The minimum absolute atomic E-state index is 0.0847. The molecule has 3 amide bonds. The first kappa shape index (κ1) is 23.0. The van der Waals surface area contributed by atoms with E-state index in [-0.39, 0.29) is 30.9 Å². The predicted octanol–water partition coefficient (Wildman–Crippen LogP) is 3.49. The first-order valence-corrected chi connectivity index (χ1v) is 12.3. The SMILES string of the molecule is O=C1O[C@@]2(CCc3cc(Br)ccc32)C(=O)N1CC(=O)N(Cc1ccc(F)cc1)[C@@H]1CCCNC1. The fourth-order valence-electron chi connectivity index (χ4n) is 5.15. The van der Waals surface area contributed by atoms with Crippen molar-refractivity contribution in [2.24, 2.45) is 0 Å². The molecular formula is C25H25BrFN3O4. The maximum atomic E-state index is 13.5. The van der Waals surface area contributed by atoms with E-state index in [1.54, 1.807) is 23.1 Å². The number of rotatable bonds is 5. The molecule has 2 fully saturated rings. The van der Waals surface area contributed by atoms with Gasteiger partial charge in [-0.3, -0.25) is 9.59 Å². The molecule has 7 nitrogen and oxygen atoms in total. The van der Waals surface area contributed by atoms with Crippen molar-refractivity contribution in [3.8, 4) is 0 Å². The molecule has 34 heavy (non-hydrogen) atoms. The van der Waals surface area contributed by atoms with Crippen molar-refractivity contribution in [1.29, 1.82) is 0 Å². The molecule has 3 aliphatic rings. The molecule has 1 spiro atoms. The molecule has 0 aromatic heterocycles. The Hall–Kier alpha value is -2.78. The van der Waals surface area contributed by atoms with Crippen molar-refractivity contribution < 1.29 is 23.5 Å². The van der Waals surface area contributed by atoms with Gasteiger partial charge in [0.1, 0.15) is 12.4 Å². The molecule has 2 aromatic carbocycles. The third kappa shape index (κ3) is 4.11. The number of hydrogen-bond acceptors (Lipinski definition) is 5. The van der Waals surface area contributed by atoms with Crippen LogP contribution in [0.15, 0.2) is 46.9 Å². The summed E-state index contributed by atoms with van der Waals surface area (Å²) in [6.07, 6.45) is 1.90. The van der Waals surface area contributed by atoms with E-state index in [4.69, 9.17) is 4.74 Å². The second-order valence-electron chi connectivity index (χ2n) is 9.04. The third-order valence-electron chi connectivity index (χ3n) is 6.91. The van der Waals surface area contributed by atoms with Crippen LogP contribution in [0.5, 0.6) is 0 Å². The summed E-state index contributed by atoms with van der Waals surface area (Å²) in [5, 5.41) is 3.30. The Labute approximate surface area is 205 Å². The number of nitrogens with one attached hydrogen (secondary N) is 1. The van der Waals surface area contributed by atoms with E-state index >= 15 is 0 Å². The van der Waals surface area contributed by atoms with Gasteiger partial charge in [0.05, 0.1) is 0 Å². The van der Waals surface area contributed by atoms with Crippen LogP contribution in [0.4, 0.5) is 9.18 Å². The van der Waals surface area contributed by atoms with Crippen molar-refractivity contribution in [3.63, 3.8) is 0 Å². The summed E-state index contributed by atoms with van der Waals surface area (Å²) in [7, 11) is 0. The number of carbonyl (C=O) groups is 3. The highest BCUT2D eigenvalue weighted by Gasteiger charge is 2.58. The number of hydrogen-bond donors (Lipinski definition) is 1. The number of benzene rings is 2. The van der Waals surface area contributed by atoms with E-state index in [1.807, 2.05) is 12.1 Å². The lowest BCUT2D eigenvalue weighted by molar-refractivity contribution is -0.143. The summed E-state index contributed by atoms with van der Waals surface area (Å²) >= 11 is 3.44. The standard InChI is InChI=1S/C25H25BrFN3O4/c26-18-5-8-21-17(12-18)9-10-25(21)23(32)30(24(33)34-25)15-22(31)29(20-2-1-11-28-13-20)14-16-3-6-19(27)7-4-16/h3-8,12,20,28H,1-2,9-11,13-15H2/t20-,25-/m1/s1. The zero-order chi connectivity index (χ0) is 23.9. The second-order valence-corrected chi connectivity index (χ2v) is 9.95. The molecule has 9 heteroatoms. The van der Waals surface area contributed by atoms with E-state index in [2.05, 4.69) is 21.2 Å². The second kappa shape index (κ2) is 9.11. The van der Waals surface area contributed by atoms with Gasteiger partial charge in [-0.15, -0.1) is 0 Å². The van der Waals surface area contributed by atoms with Crippen molar-refractivity contribution >= 4 is 33.8 Å². The number of carbonyl (C=O) groups excluding carboxylic acids is 3. The molecule has 0 bridgehead atoms. The summed E-state index contributed by atoms with van der Waals surface area (Å²) in [5.74, 6) is -1.18. The number of amides is 3. The minimum Gasteiger partial charge on any atom is -0.427 e. The van der Waals surface area contributed by atoms with Crippen LogP contribution in [-0.4, -0.2) is 53.4 Å². The third-order valence-corrected chi connectivity index (χ3v) is 7.41. The Bertz CT molecular complexity index is 1140. The van der Waals surface area contributed by atoms with Crippen molar-refractivity contribution in [2.75, 3.05) is 19.6 Å². The minimum atomic E-state index is -1.36.